The monoisotopic (exact) mass is 299 g/mol. The maximum absolute atomic E-state index is 12.2. The van der Waals surface area contributed by atoms with Gasteiger partial charge in [0, 0.05) is 23.8 Å². The van der Waals surface area contributed by atoms with Gasteiger partial charge >= 0.3 is 0 Å². The quantitative estimate of drug-likeness (QED) is 0.879. The molecule has 0 bridgehead atoms. The molecule has 4 nitrogen and oxygen atoms in total. The molecule has 0 atom stereocenters. The largest absolute Gasteiger partial charge is 0.350 e. The second kappa shape index (κ2) is 4.67. The van der Waals surface area contributed by atoms with Gasteiger partial charge in [0.2, 0.25) is 0 Å². The Kier molecular flexibility index (Phi) is 2.79. The maximum atomic E-state index is 12.2. The first-order chi connectivity index (χ1) is 10.2. The molecule has 2 aromatic rings. The molecular weight excluding hydrogens is 286 g/mol. The fourth-order valence-electron chi connectivity index (χ4n) is 3.03. The van der Waals surface area contributed by atoms with Crippen LogP contribution in [-0.4, -0.2) is 25.7 Å². The number of carbonyl (C=O) groups excluding carboxylic acids is 1. The summed E-state index contributed by atoms with van der Waals surface area (Å²) in [6.07, 6.45) is 0. The zero-order chi connectivity index (χ0) is 14.4. The van der Waals surface area contributed by atoms with E-state index in [0.29, 0.717) is 11.6 Å². The number of halogens is 1. The molecule has 2 aromatic carbocycles. The third-order valence-corrected chi connectivity index (χ3v) is 4.20. The van der Waals surface area contributed by atoms with Crippen molar-refractivity contribution in [3.63, 3.8) is 0 Å². The molecular formula is C16H14ClN3O. The number of nitrogens with zero attached hydrogens (tertiary/aromatic N) is 2. The van der Waals surface area contributed by atoms with Gasteiger partial charge < -0.3 is 15.1 Å². The highest BCUT2D eigenvalue weighted by Gasteiger charge is 2.32. The lowest BCUT2D eigenvalue weighted by Gasteiger charge is -2.21. The second-order valence-corrected chi connectivity index (χ2v) is 5.68. The topological polar surface area (TPSA) is 35.6 Å². The Hall–Kier alpha value is -2.20. The average Bonchev–Trinajstić information content (AvgIpc) is 2.77. The van der Waals surface area contributed by atoms with E-state index < -0.39 is 0 Å². The van der Waals surface area contributed by atoms with Crippen LogP contribution in [0.4, 0.5) is 17.1 Å². The fraction of sp³-hybridized carbons (Fsp3) is 0.188. The SMILES string of the molecule is O=C1NCCN2CN(c3cccc(Cl)c3)c3cccc1c32. The van der Waals surface area contributed by atoms with Gasteiger partial charge in [-0.2, -0.15) is 0 Å². The van der Waals surface area contributed by atoms with Crippen LogP contribution in [0.1, 0.15) is 10.4 Å². The van der Waals surface area contributed by atoms with Gasteiger partial charge in [-0.15, -0.1) is 0 Å². The standard InChI is InChI=1S/C16H14ClN3O/c17-11-3-1-4-12(9-11)20-10-19-8-7-18-16(21)13-5-2-6-14(20)15(13)19/h1-6,9H,7-8,10H2,(H,18,21). The lowest BCUT2D eigenvalue weighted by atomic mass is 10.1. The predicted molar refractivity (Wildman–Crippen MR) is 84.6 cm³/mol. The third kappa shape index (κ3) is 1.94. The number of benzene rings is 2. The normalized spacial score (nSPS) is 16.5. The van der Waals surface area contributed by atoms with Crippen molar-refractivity contribution in [3.8, 4) is 0 Å². The van der Waals surface area contributed by atoms with Gasteiger partial charge in [-0.1, -0.05) is 23.7 Å². The second-order valence-electron chi connectivity index (χ2n) is 5.24. The van der Waals surface area contributed by atoms with Gasteiger partial charge in [-0.3, -0.25) is 4.79 Å². The molecule has 0 spiro atoms. The Morgan fingerprint density at radius 1 is 1.14 bits per heavy atom. The molecule has 0 saturated carbocycles. The van der Waals surface area contributed by atoms with Crippen LogP contribution >= 0.6 is 11.6 Å². The highest BCUT2D eigenvalue weighted by molar-refractivity contribution is 6.30. The van der Waals surface area contributed by atoms with E-state index in [2.05, 4.69) is 21.2 Å². The van der Waals surface area contributed by atoms with Crippen LogP contribution in [0.15, 0.2) is 42.5 Å². The molecule has 4 rings (SSSR count). The first kappa shape index (κ1) is 12.5. The van der Waals surface area contributed by atoms with Crippen molar-refractivity contribution >= 4 is 34.6 Å². The Morgan fingerprint density at radius 2 is 2.00 bits per heavy atom. The number of para-hydroxylation sites is 1. The number of hydrogen-bond donors (Lipinski definition) is 1. The van der Waals surface area contributed by atoms with Crippen LogP contribution in [0.5, 0.6) is 0 Å². The summed E-state index contributed by atoms with van der Waals surface area (Å²) in [7, 11) is 0. The summed E-state index contributed by atoms with van der Waals surface area (Å²) in [6, 6.07) is 13.7. The van der Waals surface area contributed by atoms with E-state index in [4.69, 9.17) is 11.6 Å². The van der Waals surface area contributed by atoms with Crippen LogP contribution in [0.25, 0.3) is 0 Å². The smallest absolute Gasteiger partial charge is 0.253 e. The number of anilines is 3. The van der Waals surface area contributed by atoms with Gasteiger partial charge in [-0.05, 0) is 30.3 Å². The van der Waals surface area contributed by atoms with Crippen molar-refractivity contribution in [2.75, 3.05) is 29.6 Å². The molecule has 2 aliphatic heterocycles. The first-order valence-electron chi connectivity index (χ1n) is 6.93. The fourth-order valence-corrected chi connectivity index (χ4v) is 3.21. The lowest BCUT2D eigenvalue weighted by Crippen LogP contribution is -2.33. The number of nitrogens with one attached hydrogen (secondary N) is 1. The van der Waals surface area contributed by atoms with E-state index >= 15 is 0 Å². The average molecular weight is 300 g/mol. The number of carbonyl (C=O) groups is 1. The Balaban J connectivity index is 1.87. The molecule has 106 valence electrons. The molecule has 0 unspecified atom stereocenters. The van der Waals surface area contributed by atoms with E-state index in [0.717, 1.165) is 35.8 Å². The minimum Gasteiger partial charge on any atom is -0.350 e. The molecule has 1 amide bonds. The van der Waals surface area contributed by atoms with Crippen molar-refractivity contribution in [2.45, 2.75) is 0 Å². The minimum absolute atomic E-state index is 0.00212. The summed E-state index contributed by atoms with van der Waals surface area (Å²) in [4.78, 5) is 16.6. The predicted octanol–water partition coefficient (Wildman–Crippen LogP) is 3.00. The molecule has 0 radical (unpaired) electrons. The van der Waals surface area contributed by atoms with Crippen LogP contribution in [0, 0.1) is 0 Å². The molecule has 2 aliphatic rings. The molecule has 5 heteroatoms. The first-order valence-corrected chi connectivity index (χ1v) is 7.31. The highest BCUT2D eigenvalue weighted by Crippen LogP contribution is 2.43. The van der Waals surface area contributed by atoms with Gasteiger partial charge in [0.15, 0.2) is 0 Å². The molecule has 0 aliphatic carbocycles. The molecule has 21 heavy (non-hydrogen) atoms. The van der Waals surface area contributed by atoms with Gasteiger partial charge in [-0.25, -0.2) is 0 Å². The van der Waals surface area contributed by atoms with E-state index in [9.17, 15) is 4.79 Å². The van der Waals surface area contributed by atoms with Crippen molar-refractivity contribution in [1.82, 2.24) is 5.32 Å². The highest BCUT2D eigenvalue weighted by atomic mass is 35.5. The minimum atomic E-state index is 0.00212. The number of rotatable bonds is 1. The Labute approximate surface area is 127 Å². The molecule has 0 fully saturated rings. The Morgan fingerprint density at radius 3 is 2.86 bits per heavy atom. The summed E-state index contributed by atoms with van der Waals surface area (Å²) in [6.45, 7) is 2.21. The van der Waals surface area contributed by atoms with Crippen LogP contribution in [0.2, 0.25) is 5.02 Å². The number of amides is 1. The summed E-state index contributed by atoms with van der Waals surface area (Å²) in [5, 5.41) is 3.65. The molecule has 0 saturated heterocycles. The van der Waals surface area contributed by atoms with Crippen molar-refractivity contribution in [1.29, 1.82) is 0 Å². The van der Waals surface area contributed by atoms with E-state index in [-0.39, 0.29) is 5.91 Å². The van der Waals surface area contributed by atoms with Gasteiger partial charge in [0.1, 0.15) is 0 Å². The van der Waals surface area contributed by atoms with E-state index in [1.807, 2.05) is 36.4 Å². The van der Waals surface area contributed by atoms with Crippen LogP contribution in [-0.2, 0) is 0 Å². The van der Waals surface area contributed by atoms with Gasteiger partial charge in [0.25, 0.3) is 5.91 Å². The van der Waals surface area contributed by atoms with Gasteiger partial charge in [0.05, 0.1) is 23.6 Å². The Bertz CT molecular complexity index is 731. The van der Waals surface area contributed by atoms with Crippen LogP contribution in [0.3, 0.4) is 0 Å². The summed E-state index contributed by atoms with van der Waals surface area (Å²) >= 11 is 6.11. The summed E-state index contributed by atoms with van der Waals surface area (Å²) in [5.41, 5.74) is 3.87. The summed E-state index contributed by atoms with van der Waals surface area (Å²) in [5.74, 6) is 0.00212. The van der Waals surface area contributed by atoms with Crippen molar-refractivity contribution in [2.24, 2.45) is 0 Å². The maximum Gasteiger partial charge on any atom is 0.253 e. The van der Waals surface area contributed by atoms with Crippen molar-refractivity contribution < 1.29 is 4.79 Å². The summed E-state index contributed by atoms with van der Waals surface area (Å²) < 4.78 is 0. The molecule has 0 aromatic heterocycles. The lowest BCUT2D eigenvalue weighted by molar-refractivity contribution is 0.0958. The zero-order valence-electron chi connectivity index (χ0n) is 11.3. The van der Waals surface area contributed by atoms with E-state index in [1.165, 1.54) is 0 Å². The zero-order valence-corrected chi connectivity index (χ0v) is 12.1. The number of hydrogen-bond acceptors (Lipinski definition) is 3. The van der Waals surface area contributed by atoms with E-state index in [1.54, 1.807) is 0 Å². The molecule has 1 N–H and O–H groups in total. The molecule has 2 heterocycles. The van der Waals surface area contributed by atoms with Crippen LogP contribution < -0.4 is 15.1 Å². The van der Waals surface area contributed by atoms with Crippen molar-refractivity contribution in [3.05, 3.63) is 53.1 Å². The third-order valence-electron chi connectivity index (χ3n) is 3.97.